The van der Waals surface area contributed by atoms with Crippen molar-refractivity contribution in [2.45, 2.75) is 44.4 Å². The number of hydrogen-bond donors (Lipinski definition) is 1. The molecule has 0 radical (unpaired) electrons. The highest BCUT2D eigenvalue weighted by Crippen LogP contribution is 2.42. The number of aryl methyl sites for hydroxylation is 1. The first-order chi connectivity index (χ1) is 14.7. The smallest absolute Gasteiger partial charge is 0.308 e. The van der Waals surface area contributed by atoms with Gasteiger partial charge in [-0.2, -0.15) is 23.4 Å². The maximum absolute atomic E-state index is 13.8. The zero-order valence-corrected chi connectivity index (χ0v) is 17.7. The zero-order valence-electron chi connectivity index (χ0n) is 16.2. The summed E-state index contributed by atoms with van der Waals surface area (Å²) in [7, 11) is 0. The molecule has 164 valence electrons. The Labute approximate surface area is 183 Å². The number of aromatic nitrogens is 4. The van der Waals surface area contributed by atoms with Gasteiger partial charge in [0.25, 0.3) is 0 Å². The van der Waals surface area contributed by atoms with Crippen LogP contribution in [-0.2, 0) is 24.1 Å². The number of alkyl halides is 3. The van der Waals surface area contributed by atoms with Gasteiger partial charge in [0.05, 0.1) is 11.0 Å². The summed E-state index contributed by atoms with van der Waals surface area (Å²) in [6.07, 6.45) is -1.34. The summed E-state index contributed by atoms with van der Waals surface area (Å²) in [6, 6.07) is 7.37. The maximum atomic E-state index is 13.8. The molecule has 1 saturated carbocycles. The largest absolute Gasteiger partial charge is 0.435 e. The van der Waals surface area contributed by atoms with Crippen LogP contribution in [0.1, 0.15) is 42.1 Å². The lowest BCUT2D eigenvalue weighted by Gasteiger charge is -2.07. The van der Waals surface area contributed by atoms with E-state index >= 15 is 0 Å². The number of carbonyl (C=O) groups excluding carboxylic acids is 1. The van der Waals surface area contributed by atoms with Gasteiger partial charge in [0.1, 0.15) is 5.82 Å². The molecule has 31 heavy (non-hydrogen) atoms. The molecule has 1 aliphatic rings. The van der Waals surface area contributed by atoms with Gasteiger partial charge in [-0.15, -0.1) is 0 Å². The summed E-state index contributed by atoms with van der Waals surface area (Å²) in [5.74, 6) is -0.457. The topological polar surface area (TPSA) is 64.7 Å². The van der Waals surface area contributed by atoms with E-state index in [4.69, 9.17) is 0 Å². The van der Waals surface area contributed by atoms with E-state index < -0.39 is 17.8 Å². The second kappa shape index (κ2) is 8.45. The van der Waals surface area contributed by atoms with E-state index in [0.29, 0.717) is 15.7 Å². The molecule has 0 atom stereocenters. The predicted molar refractivity (Wildman–Crippen MR) is 108 cm³/mol. The quantitative estimate of drug-likeness (QED) is 0.467. The van der Waals surface area contributed by atoms with Crippen LogP contribution >= 0.6 is 15.9 Å². The van der Waals surface area contributed by atoms with Gasteiger partial charge in [-0.1, -0.05) is 18.2 Å². The molecule has 0 bridgehead atoms. The van der Waals surface area contributed by atoms with Crippen molar-refractivity contribution in [3.63, 3.8) is 0 Å². The van der Waals surface area contributed by atoms with Gasteiger partial charge in [0.2, 0.25) is 5.91 Å². The number of nitrogens with one attached hydrogen (secondary N) is 1. The van der Waals surface area contributed by atoms with E-state index in [1.165, 1.54) is 15.4 Å². The van der Waals surface area contributed by atoms with Crippen LogP contribution in [0.25, 0.3) is 0 Å². The molecule has 2 aromatic heterocycles. The normalized spacial score (nSPS) is 14.1. The summed E-state index contributed by atoms with van der Waals surface area (Å²) in [4.78, 5) is 12.4. The molecule has 6 nitrogen and oxygen atoms in total. The fraction of sp³-hybridized carbons (Fsp3) is 0.350. The van der Waals surface area contributed by atoms with Crippen molar-refractivity contribution in [2.24, 2.45) is 0 Å². The first kappa shape index (κ1) is 21.5. The van der Waals surface area contributed by atoms with Crippen molar-refractivity contribution in [2.75, 3.05) is 5.32 Å². The second-order valence-corrected chi connectivity index (χ2v) is 8.22. The molecular formula is C20H18BrF4N5O. The van der Waals surface area contributed by atoms with Gasteiger partial charge in [-0.25, -0.2) is 4.39 Å². The Morgan fingerprint density at radius 2 is 1.97 bits per heavy atom. The fourth-order valence-corrected chi connectivity index (χ4v) is 3.64. The van der Waals surface area contributed by atoms with Gasteiger partial charge in [0, 0.05) is 36.3 Å². The minimum Gasteiger partial charge on any atom is -0.308 e. The highest BCUT2D eigenvalue weighted by atomic mass is 79.9. The van der Waals surface area contributed by atoms with E-state index in [9.17, 15) is 22.4 Å². The highest BCUT2D eigenvalue weighted by molar-refractivity contribution is 9.10. The van der Waals surface area contributed by atoms with E-state index in [1.807, 2.05) is 0 Å². The molecule has 0 unspecified atom stereocenters. The van der Waals surface area contributed by atoms with Crippen LogP contribution in [0.2, 0.25) is 0 Å². The van der Waals surface area contributed by atoms with Crippen molar-refractivity contribution in [3.8, 4) is 0 Å². The maximum Gasteiger partial charge on any atom is 0.435 e. The molecule has 1 amide bonds. The molecule has 4 rings (SSSR count). The standard InChI is InChI=1S/C20H18BrF4N5O/c21-14-11-29(10-13-3-1-2-4-15(13)22)28-19(14)26-18(31)7-8-30-16(12-5-6-12)9-17(27-30)20(23,24)25/h1-4,9,11-12H,5-8,10H2,(H,26,28,31). The minimum atomic E-state index is -4.52. The molecule has 0 aliphatic heterocycles. The summed E-state index contributed by atoms with van der Waals surface area (Å²) in [5.41, 5.74) is 0.0158. The van der Waals surface area contributed by atoms with Gasteiger partial charge < -0.3 is 5.32 Å². The van der Waals surface area contributed by atoms with Gasteiger partial charge in [-0.05, 0) is 40.9 Å². The van der Waals surface area contributed by atoms with Crippen molar-refractivity contribution in [3.05, 3.63) is 63.8 Å². The van der Waals surface area contributed by atoms with Crippen molar-refractivity contribution >= 4 is 27.7 Å². The molecule has 1 aliphatic carbocycles. The number of hydrogen-bond acceptors (Lipinski definition) is 3. The number of carbonyl (C=O) groups is 1. The van der Waals surface area contributed by atoms with Crippen LogP contribution in [-0.4, -0.2) is 25.5 Å². The average Bonchev–Trinajstić information content (AvgIpc) is 3.35. The first-order valence-electron chi connectivity index (χ1n) is 9.62. The molecule has 1 N–H and O–H groups in total. The number of benzene rings is 1. The molecular weight excluding hydrogens is 482 g/mol. The Morgan fingerprint density at radius 3 is 2.65 bits per heavy atom. The van der Waals surface area contributed by atoms with Crippen molar-refractivity contribution in [1.29, 1.82) is 0 Å². The Bertz CT molecular complexity index is 1100. The Kier molecular flexibility index (Phi) is 5.87. The lowest BCUT2D eigenvalue weighted by molar-refractivity contribution is -0.141. The zero-order chi connectivity index (χ0) is 22.2. The van der Waals surface area contributed by atoms with Crippen LogP contribution in [0.5, 0.6) is 0 Å². The van der Waals surface area contributed by atoms with Crippen LogP contribution in [0, 0.1) is 5.82 Å². The fourth-order valence-electron chi connectivity index (χ4n) is 3.22. The lowest BCUT2D eigenvalue weighted by atomic mass is 10.2. The Morgan fingerprint density at radius 1 is 1.23 bits per heavy atom. The molecule has 0 spiro atoms. The van der Waals surface area contributed by atoms with Crippen LogP contribution in [0.15, 0.2) is 41.0 Å². The van der Waals surface area contributed by atoms with Gasteiger partial charge in [-0.3, -0.25) is 14.2 Å². The van der Waals surface area contributed by atoms with E-state index in [2.05, 4.69) is 31.4 Å². The molecule has 1 aromatic carbocycles. The number of nitrogens with zero attached hydrogens (tertiary/aromatic N) is 4. The first-order valence-corrected chi connectivity index (χ1v) is 10.4. The summed E-state index contributed by atoms with van der Waals surface area (Å²) >= 11 is 3.30. The highest BCUT2D eigenvalue weighted by Gasteiger charge is 2.37. The van der Waals surface area contributed by atoms with Crippen LogP contribution in [0.3, 0.4) is 0 Å². The average molecular weight is 500 g/mol. The number of rotatable bonds is 7. The summed E-state index contributed by atoms with van der Waals surface area (Å²) < 4.78 is 56.0. The van der Waals surface area contributed by atoms with Gasteiger partial charge in [0.15, 0.2) is 11.5 Å². The molecule has 2 heterocycles. The lowest BCUT2D eigenvalue weighted by Crippen LogP contribution is -2.17. The third kappa shape index (κ3) is 5.15. The van der Waals surface area contributed by atoms with Crippen molar-refractivity contribution < 1.29 is 22.4 Å². The number of halogens is 5. The number of anilines is 1. The summed E-state index contributed by atoms with van der Waals surface area (Å²) in [5, 5.41) is 10.5. The van der Waals surface area contributed by atoms with E-state index in [-0.39, 0.29) is 37.1 Å². The van der Waals surface area contributed by atoms with E-state index in [0.717, 1.165) is 18.9 Å². The molecule has 11 heteroatoms. The molecule has 1 fully saturated rings. The monoisotopic (exact) mass is 499 g/mol. The SMILES string of the molecule is O=C(CCn1nc(C(F)(F)F)cc1C1CC1)Nc1nn(Cc2ccccc2F)cc1Br. The van der Waals surface area contributed by atoms with Crippen LogP contribution < -0.4 is 5.32 Å². The second-order valence-electron chi connectivity index (χ2n) is 7.36. The van der Waals surface area contributed by atoms with Crippen molar-refractivity contribution in [1.82, 2.24) is 19.6 Å². The van der Waals surface area contributed by atoms with E-state index in [1.54, 1.807) is 24.4 Å². The summed E-state index contributed by atoms with van der Waals surface area (Å²) in [6.45, 7) is 0.209. The Balaban J connectivity index is 1.39. The minimum absolute atomic E-state index is 0.0291. The number of amides is 1. The molecule has 3 aromatic rings. The predicted octanol–water partition coefficient (Wildman–Crippen LogP) is 4.95. The van der Waals surface area contributed by atoms with Gasteiger partial charge >= 0.3 is 6.18 Å². The third-order valence-electron chi connectivity index (χ3n) is 4.91. The van der Waals surface area contributed by atoms with Crippen LogP contribution in [0.4, 0.5) is 23.4 Å². The Hall–Kier alpha value is -2.69. The molecule has 0 saturated heterocycles. The third-order valence-corrected chi connectivity index (χ3v) is 5.49.